The van der Waals surface area contributed by atoms with Gasteiger partial charge in [0.25, 0.3) is 0 Å². The third kappa shape index (κ3) is 3.46. The number of nitrogens with zero attached hydrogens (tertiary/aromatic N) is 2. The zero-order valence-electron chi connectivity index (χ0n) is 13.9. The quantitative estimate of drug-likeness (QED) is 0.674. The topological polar surface area (TPSA) is 75.1 Å². The number of aromatic nitrogens is 1. The molecular weight excluding hydrogens is 332 g/mol. The average molecular weight is 350 g/mol. The minimum Gasteiger partial charge on any atom is -0.485 e. The largest absolute Gasteiger partial charge is 0.485 e. The van der Waals surface area contributed by atoms with Gasteiger partial charge in [-0.05, 0) is 48.2 Å². The minimum atomic E-state index is 0.0101. The number of pyridine rings is 1. The van der Waals surface area contributed by atoms with Gasteiger partial charge in [0.1, 0.15) is 23.3 Å². The number of hydrogen-bond acceptors (Lipinski definition) is 6. The molecule has 26 heavy (non-hydrogen) atoms. The Balaban J connectivity index is 1.48. The van der Waals surface area contributed by atoms with Crippen molar-refractivity contribution in [1.82, 2.24) is 4.98 Å². The molecule has 0 saturated heterocycles. The Morgan fingerprint density at radius 2 is 1.88 bits per heavy atom. The first-order valence-electron chi connectivity index (χ1n) is 8.35. The molecule has 0 aliphatic carbocycles. The molecule has 2 aromatic carbocycles. The zero-order chi connectivity index (χ0) is 17.9. The normalized spacial score (nSPS) is 15.7. The van der Waals surface area contributed by atoms with Gasteiger partial charge >= 0.3 is 0 Å². The fraction of sp³-hybridized carbons (Fsp3) is 0.150. The summed E-state index contributed by atoms with van der Waals surface area (Å²) in [6.07, 6.45) is 3.20. The number of rotatable bonds is 4. The number of hydrogen-bond donors (Lipinski definition) is 2. The summed E-state index contributed by atoms with van der Waals surface area (Å²) in [6, 6.07) is 19.0. The van der Waals surface area contributed by atoms with Crippen LogP contribution < -0.4 is 14.7 Å². The Labute approximate surface area is 150 Å². The monoisotopic (exact) mass is 350 g/mol. The van der Waals surface area contributed by atoms with Crippen LogP contribution in [0.5, 0.6) is 17.4 Å². The predicted molar refractivity (Wildman–Crippen MR) is 94.9 cm³/mol. The highest BCUT2D eigenvalue weighted by Gasteiger charge is 2.21. The van der Waals surface area contributed by atoms with Gasteiger partial charge in [-0.25, -0.2) is 4.98 Å². The third-order valence-electron chi connectivity index (χ3n) is 4.32. The van der Waals surface area contributed by atoms with Crippen molar-refractivity contribution in [3.05, 3.63) is 78.0 Å². The summed E-state index contributed by atoms with van der Waals surface area (Å²) in [6.45, 7) is 0. The standard InChI is InChI=1S/C20H18N2O4/c23-22(24)16-7-11-20(21-13-16)25-17-8-10-19-15(12-17)6-9-18(26-19)14-4-2-1-3-5-14/h1-5,7-8,10-13,18,23-24H,6,9H2. The van der Waals surface area contributed by atoms with Crippen LogP contribution in [-0.2, 0) is 6.42 Å². The smallest absolute Gasteiger partial charge is 0.219 e. The molecule has 3 aromatic rings. The van der Waals surface area contributed by atoms with Gasteiger partial charge < -0.3 is 9.47 Å². The van der Waals surface area contributed by atoms with E-state index in [4.69, 9.17) is 19.9 Å². The molecule has 0 fully saturated rings. The van der Waals surface area contributed by atoms with E-state index >= 15 is 0 Å². The molecule has 0 saturated carbocycles. The fourth-order valence-electron chi connectivity index (χ4n) is 3.00. The van der Waals surface area contributed by atoms with E-state index in [1.165, 1.54) is 17.8 Å². The molecular formula is C20H18N2O4. The first kappa shape index (κ1) is 16.4. The molecule has 1 aliphatic rings. The highest BCUT2D eigenvalue weighted by atomic mass is 16.8. The lowest BCUT2D eigenvalue weighted by atomic mass is 9.97. The maximum Gasteiger partial charge on any atom is 0.219 e. The van der Waals surface area contributed by atoms with Gasteiger partial charge in [-0.15, -0.1) is 5.23 Å². The van der Waals surface area contributed by atoms with Gasteiger partial charge in [0.15, 0.2) is 0 Å². The number of benzene rings is 2. The van der Waals surface area contributed by atoms with Crippen LogP contribution in [0.1, 0.15) is 23.7 Å². The van der Waals surface area contributed by atoms with Crippen LogP contribution in [0, 0.1) is 0 Å². The van der Waals surface area contributed by atoms with Crippen LogP contribution >= 0.6 is 0 Å². The summed E-state index contributed by atoms with van der Waals surface area (Å²) in [5.74, 6) is 1.90. The van der Waals surface area contributed by atoms with Crippen LogP contribution in [0.3, 0.4) is 0 Å². The Kier molecular flexibility index (Phi) is 4.43. The molecule has 1 aromatic heterocycles. The molecule has 2 heterocycles. The summed E-state index contributed by atoms with van der Waals surface area (Å²) in [5.41, 5.74) is 2.44. The van der Waals surface area contributed by atoms with E-state index in [0.29, 0.717) is 11.6 Å². The van der Waals surface area contributed by atoms with Crippen LogP contribution in [0.2, 0.25) is 0 Å². The van der Waals surface area contributed by atoms with Crippen molar-refractivity contribution >= 4 is 5.69 Å². The Morgan fingerprint density at radius 3 is 2.62 bits per heavy atom. The van der Waals surface area contributed by atoms with Gasteiger partial charge in [0, 0.05) is 6.07 Å². The van der Waals surface area contributed by atoms with Crippen molar-refractivity contribution in [2.24, 2.45) is 0 Å². The highest BCUT2D eigenvalue weighted by molar-refractivity contribution is 5.44. The minimum absolute atomic E-state index is 0.0101. The fourth-order valence-corrected chi connectivity index (χ4v) is 3.00. The van der Waals surface area contributed by atoms with Gasteiger partial charge in [-0.3, -0.25) is 10.4 Å². The first-order chi connectivity index (χ1) is 12.7. The van der Waals surface area contributed by atoms with Crippen molar-refractivity contribution < 1.29 is 19.9 Å². The van der Waals surface area contributed by atoms with Gasteiger partial charge in [-0.1, -0.05) is 30.3 Å². The van der Waals surface area contributed by atoms with Crippen LogP contribution in [0.15, 0.2) is 66.9 Å². The van der Waals surface area contributed by atoms with Crippen LogP contribution in [0.25, 0.3) is 0 Å². The Bertz CT molecular complexity index is 882. The maximum absolute atomic E-state index is 8.93. The molecule has 0 bridgehead atoms. The summed E-state index contributed by atoms with van der Waals surface area (Å²) >= 11 is 0. The predicted octanol–water partition coefficient (Wildman–Crippen LogP) is 4.53. The molecule has 132 valence electrons. The van der Waals surface area contributed by atoms with E-state index in [2.05, 4.69) is 17.1 Å². The molecule has 0 spiro atoms. The lowest BCUT2D eigenvalue weighted by Crippen LogP contribution is -2.15. The van der Waals surface area contributed by atoms with E-state index in [9.17, 15) is 0 Å². The Morgan fingerprint density at radius 1 is 1.04 bits per heavy atom. The lowest BCUT2D eigenvalue weighted by Gasteiger charge is -2.26. The third-order valence-corrected chi connectivity index (χ3v) is 4.32. The van der Waals surface area contributed by atoms with E-state index in [1.807, 2.05) is 36.4 Å². The number of anilines is 1. The molecule has 1 unspecified atom stereocenters. The Hall–Kier alpha value is -3.09. The molecule has 6 nitrogen and oxygen atoms in total. The second-order valence-electron chi connectivity index (χ2n) is 6.07. The van der Waals surface area contributed by atoms with Crippen molar-refractivity contribution in [1.29, 1.82) is 0 Å². The highest BCUT2D eigenvalue weighted by Crippen LogP contribution is 2.37. The first-order valence-corrected chi connectivity index (χ1v) is 8.35. The molecule has 2 N–H and O–H groups in total. The molecule has 0 amide bonds. The summed E-state index contributed by atoms with van der Waals surface area (Å²) < 4.78 is 11.9. The molecule has 1 atom stereocenters. The van der Waals surface area contributed by atoms with E-state index in [0.717, 1.165) is 24.2 Å². The molecule has 6 heteroatoms. The SMILES string of the molecule is ON(O)c1ccc(Oc2ccc3c(c2)CCC(c2ccccc2)O3)nc1. The number of aryl methyl sites for hydroxylation is 1. The molecule has 1 aliphatic heterocycles. The van der Waals surface area contributed by atoms with Gasteiger partial charge in [0.05, 0.1) is 6.20 Å². The van der Waals surface area contributed by atoms with Crippen molar-refractivity contribution in [3.8, 4) is 17.4 Å². The lowest BCUT2D eigenvalue weighted by molar-refractivity contribution is 0.0289. The zero-order valence-corrected chi connectivity index (χ0v) is 13.9. The van der Waals surface area contributed by atoms with E-state index < -0.39 is 0 Å². The van der Waals surface area contributed by atoms with Gasteiger partial charge in [-0.2, -0.15) is 0 Å². The van der Waals surface area contributed by atoms with Crippen LogP contribution in [0.4, 0.5) is 5.69 Å². The number of fused-ring (bicyclic) bond motifs is 1. The van der Waals surface area contributed by atoms with Gasteiger partial charge in [0.2, 0.25) is 5.88 Å². The maximum atomic E-state index is 8.93. The molecule has 0 radical (unpaired) electrons. The summed E-state index contributed by atoms with van der Waals surface area (Å²) in [5, 5.41) is 17.9. The second kappa shape index (κ2) is 7.03. The number of ether oxygens (including phenoxy) is 2. The van der Waals surface area contributed by atoms with E-state index in [1.54, 1.807) is 6.07 Å². The second-order valence-corrected chi connectivity index (χ2v) is 6.07. The van der Waals surface area contributed by atoms with Crippen molar-refractivity contribution in [3.63, 3.8) is 0 Å². The average Bonchev–Trinajstić information content (AvgIpc) is 2.69. The van der Waals surface area contributed by atoms with Crippen LogP contribution in [-0.4, -0.2) is 15.4 Å². The van der Waals surface area contributed by atoms with Crippen molar-refractivity contribution in [2.75, 3.05) is 5.23 Å². The molecule has 4 rings (SSSR count). The summed E-state index contributed by atoms with van der Waals surface area (Å²) in [4.78, 5) is 4.04. The summed E-state index contributed by atoms with van der Waals surface area (Å²) in [7, 11) is 0. The van der Waals surface area contributed by atoms with E-state index in [-0.39, 0.29) is 17.0 Å². The van der Waals surface area contributed by atoms with Crippen molar-refractivity contribution in [2.45, 2.75) is 18.9 Å².